The maximum Gasteiger partial charge on any atom is 0.154 e. The van der Waals surface area contributed by atoms with Gasteiger partial charge >= 0.3 is 0 Å². The summed E-state index contributed by atoms with van der Waals surface area (Å²) < 4.78 is 0. The van der Waals surface area contributed by atoms with Crippen molar-refractivity contribution in [2.45, 2.75) is 51.0 Å². The van der Waals surface area contributed by atoms with Crippen molar-refractivity contribution in [2.75, 3.05) is 6.54 Å². The van der Waals surface area contributed by atoms with Crippen molar-refractivity contribution >= 4 is 6.08 Å². The molecule has 0 bridgehead atoms. The molecule has 2 aliphatic rings. The molecule has 1 aromatic heterocycles. The summed E-state index contributed by atoms with van der Waals surface area (Å²) in [7, 11) is 0. The monoisotopic (exact) mass is 258 g/mol. The van der Waals surface area contributed by atoms with E-state index in [1.54, 1.807) is 0 Å². The molecule has 1 saturated heterocycles. The van der Waals surface area contributed by atoms with Gasteiger partial charge in [-0.25, -0.2) is 9.97 Å². The van der Waals surface area contributed by atoms with Gasteiger partial charge in [-0.2, -0.15) is 0 Å². The summed E-state index contributed by atoms with van der Waals surface area (Å²) in [6.45, 7) is 3.08. The van der Waals surface area contributed by atoms with Gasteiger partial charge in [-0.05, 0) is 45.2 Å². The summed E-state index contributed by atoms with van der Waals surface area (Å²) in [5, 5.41) is 3.45. The number of hydrogen-bond donors (Lipinski definition) is 2. The Morgan fingerprint density at radius 2 is 2.16 bits per heavy atom. The van der Waals surface area contributed by atoms with E-state index in [0.29, 0.717) is 12.0 Å². The standard InChI is InChI=1S/C15H22N4/c1-10-8-14(11-5-6-11)19-15(18-10)9-12(16)13-4-2-3-7-17-13/h8-9,11,13,17H,2-7,16H2,1H3/t13-/m0/s1. The molecule has 1 aliphatic carbocycles. The van der Waals surface area contributed by atoms with Crippen molar-refractivity contribution in [3.63, 3.8) is 0 Å². The summed E-state index contributed by atoms with van der Waals surface area (Å²) in [5.41, 5.74) is 9.28. The van der Waals surface area contributed by atoms with Crippen LogP contribution in [0.2, 0.25) is 0 Å². The van der Waals surface area contributed by atoms with Crippen molar-refractivity contribution in [2.24, 2.45) is 5.73 Å². The van der Waals surface area contributed by atoms with Crippen molar-refractivity contribution < 1.29 is 0 Å². The van der Waals surface area contributed by atoms with Crippen molar-refractivity contribution in [3.8, 4) is 0 Å². The van der Waals surface area contributed by atoms with Crippen LogP contribution in [0.15, 0.2) is 11.8 Å². The fraction of sp³-hybridized carbons (Fsp3) is 0.600. The Balaban J connectivity index is 1.80. The van der Waals surface area contributed by atoms with Gasteiger partial charge in [0.25, 0.3) is 0 Å². The zero-order chi connectivity index (χ0) is 13.2. The van der Waals surface area contributed by atoms with Crippen LogP contribution in [-0.2, 0) is 0 Å². The second-order valence-electron chi connectivity index (χ2n) is 5.71. The fourth-order valence-electron chi connectivity index (χ4n) is 2.66. The van der Waals surface area contributed by atoms with Crippen LogP contribution >= 0.6 is 0 Å². The van der Waals surface area contributed by atoms with Crippen molar-refractivity contribution in [1.82, 2.24) is 15.3 Å². The molecule has 19 heavy (non-hydrogen) atoms. The van der Waals surface area contributed by atoms with Gasteiger partial charge in [0, 0.05) is 35.1 Å². The molecule has 2 heterocycles. The molecule has 0 spiro atoms. The molecular weight excluding hydrogens is 236 g/mol. The van der Waals surface area contributed by atoms with Crippen LogP contribution < -0.4 is 11.1 Å². The molecule has 0 aromatic carbocycles. The van der Waals surface area contributed by atoms with Gasteiger partial charge in [0.2, 0.25) is 0 Å². The molecule has 102 valence electrons. The first kappa shape index (κ1) is 12.6. The van der Waals surface area contributed by atoms with Gasteiger partial charge in [0.15, 0.2) is 5.82 Å². The topological polar surface area (TPSA) is 63.8 Å². The first-order chi connectivity index (χ1) is 9.22. The number of rotatable bonds is 3. The number of nitrogens with one attached hydrogen (secondary N) is 1. The molecule has 2 fully saturated rings. The molecule has 0 amide bonds. The number of hydrogen-bond acceptors (Lipinski definition) is 4. The SMILES string of the molecule is Cc1cc(C2CC2)nc(C=C(N)[C@@H]2CCCCN2)n1. The number of aryl methyl sites for hydroxylation is 1. The molecule has 1 aromatic rings. The zero-order valence-corrected chi connectivity index (χ0v) is 11.5. The van der Waals surface area contributed by atoms with Crippen LogP contribution in [0, 0.1) is 6.92 Å². The highest BCUT2D eigenvalue weighted by Crippen LogP contribution is 2.39. The van der Waals surface area contributed by atoms with Gasteiger partial charge in [-0.3, -0.25) is 0 Å². The molecule has 1 atom stereocenters. The first-order valence-electron chi connectivity index (χ1n) is 7.28. The van der Waals surface area contributed by atoms with E-state index >= 15 is 0 Å². The number of nitrogens with zero attached hydrogens (tertiary/aromatic N) is 2. The summed E-state index contributed by atoms with van der Waals surface area (Å²) in [4.78, 5) is 9.12. The Morgan fingerprint density at radius 3 is 2.84 bits per heavy atom. The van der Waals surface area contributed by atoms with E-state index in [1.165, 1.54) is 31.4 Å². The molecule has 3 N–H and O–H groups in total. The van der Waals surface area contributed by atoms with Gasteiger partial charge < -0.3 is 11.1 Å². The lowest BCUT2D eigenvalue weighted by molar-refractivity contribution is 0.439. The predicted octanol–water partition coefficient (Wildman–Crippen LogP) is 2.10. The summed E-state index contributed by atoms with van der Waals surface area (Å²) >= 11 is 0. The molecule has 0 radical (unpaired) electrons. The third-order valence-electron chi connectivity index (χ3n) is 3.90. The third-order valence-corrected chi connectivity index (χ3v) is 3.90. The molecule has 1 saturated carbocycles. The zero-order valence-electron chi connectivity index (χ0n) is 11.5. The highest BCUT2D eigenvalue weighted by Gasteiger charge is 2.25. The Hall–Kier alpha value is -1.42. The first-order valence-corrected chi connectivity index (χ1v) is 7.28. The Bertz CT molecular complexity index is 485. The van der Waals surface area contributed by atoms with Crippen LogP contribution in [0.5, 0.6) is 0 Å². The van der Waals surface area contributed by atoms with Crippen molar-refractivity contribution in [1.29, 1.82) is 0 Å². The Morgan fingerprint density at radius 1 is 1.32 bits per heavy atom. The maximum atomic E-state index is 6.19. The summed E-state index contributed by atoms with van der Waals surface area (Å²) in [5.74, 6) is 1.43. The molecular formula is C15H22N4. The van der Waals surface area contributed by atoms with Gasteiger partial charge in [-0.15, -0.1) is 0 Å². The van der Waals surface area contributed by atoms with E-state index in [2.05, 4.69) is 21.4 Å². The van der Waals surface area contributed by atoms with Crippen molar-refractivity contribution in [3.05, 3.63) is 29.0 Å². The lowest BCUT2D eigenvalue weighted by Crippen LogP contribution is -2.38. The number of piperidine rings is 1. The van der Waals surface area contributed by atoms with E-state index in [1.807, 2.05) is 13.0 Å². The average molecular weight is 258 g/mol. The average Bonchev–Trinajstić information content (AvgIpc) is 3.23. The summed E-state index contributed by atoms with van der Waals surface area (Å²) in [6.07, 6.45) is 8.08. The normalized spacial score (nSPS) is 24.5. The third kappa shape index (κ3) is 3.13. The lowest BCUT2D eigenvalue weighted by Gasteiger charge is -2.23. The molecule has 1 aliphatic heterocycles. The molecule has 4 nitrogen and oxygen atoms in total. The highest BCUT2D eigenvalue weighted by atomic mass is 15.0. The van der Waals surface area contributed by atoms with Gasteiger partial charge in [0.1, 0.15) is 0 Å². The van der Waals surface area contributed by atoms with Crippen LogP contribution in [0.4, 0.5) is 0 Å². The van der Waals surface area contributed by atoms with Crippen LogP contribution in [0.1, 0.15) is 55.2 Å². The fourth-order valence-corrected chi connectivity index (χ4v) is 2.66. The largest absolute Gasteiger partial charge is 0.401 e. The van der Waals surface area contributed by atoms with Gasteiger partial charge in [0.05, 0.1) is 0 Å². The highest BCUT2D eigenvalue weighted by molar-refractivity contribution is 5.46. The van der Waals surface area contributed by atoms with E-state index in [-0.39, 0.29) is 0 Å². The predicted molar refractivity (Wildman–Crippen MR) is 76.6 cm³/mol. The van der Waals surface area contributed by atoms with Crippen LogP contribution in [0.25, 0.3) is 6.08 Å². The quantitative estimate of drug-likeness (QED) is 0.871. The van der Waals surface area contributed by atoms with E-state index in [0.717, 1.165) is 30.2 Å². The Kier molecular flexibility index (Phi) is 3.51. The Labute approximate surface area is 114 Å². The van der Waals surface area contributed by atoms with Crippen LogP contribution in [0.3, 0.4) is 0 Å². The molecule has 3 rings (SSSR count). The number of nitrogens with two attached hydrogens (primary N) is 1. The van der Waals surface area contributed by atoms with E-state index in [4.69, 9.17) is 5.73 Å². The summed E-state index contributed by atoms with van der Waals surface area (Å²) in [6, 6.07) is 2.39. The molecule has 4 heteroatoms. The minimum atomic E-state index is 0.294. The van der Waals surface area contributed by atoms with E-state index < -0.39 is 0 Å². The van der Waals surface area contributed by atoms with E-state index in [9.17, 15) is 0 Å². The lowest BCUT2D eigenvalue weighted by atomic mass is 10.0. The second-order valence-corrected chi connectivity index (χ2v) is 5.71. The minimum absolute atomic E-state index is 0.294. The second kappa shape index (κ2) is 5.29. The number of aromatic nitrogens is 2. The minimum Gasteiger partial charge on any atom is -0.401 e. The van der Waals surface area contributed by atoms with Gasteiger partial charge in [-0.1, -0.05) is 6.42 Å². The molecule has 0 unspecified atom stereocenters. The maximum absolute atomic E-state index is 6.19. The smallest absolute Gasteiger partial charge is 0.154 e. The van der Waals surface area contributed by atoms with Crippen LogP contribution in [-0.4, -0.2) is 22.6 Å².